The number of phenols is 1. The van der Waals surface area contributed by atoms with Gasteiger partial charge in [-0.3, -0.25) is 9.12 Å². The Labute approximate surface area is 108 Å². The van der Waals surface area contributed by atoms with Gasteiger partial charge in [-0.25, -0.2) is 0 Å². The summed E-state index contributed by atoms with van der Waals surface area (Å²) in [7, 11) is -9.57. The molecule has 0 saturated carbocycles. The van der Waals surface area contributed by atoms with E-state index in [1.165, 1.54) is 24.3 Å². The highest BCUT2D eigenvalue weighted by Crippen LogP contribution is 2.41. The summed E-state index contributed by atoms with van der Waals surface area (Å²) in [5.41, 5.74) is 0. The highest BCUT2D eigenvalue weighted by atomic mass is 32.2. The molecule has 4 N–H and O–H groups in total. The van der Waals surface area contributed by atoms with E-state index in [0.717, 1.165) is 0 Å². The molecule has 0 bridgehead atoms. The number of fused-ring (bicyclic) bond motifs is 1. The number of benzene rings is 2. The largest absolute Gasteiger partial charge is 0.506 e. The molecule has 2 aromatic rings. The van der Waals surface area contributed by atoms with Gasteiger partial charge in [0.2, 0.25) is 0 Å². The first-order valence-corrected chi connectivity index (χ1v) is 7.96. The van der Waals surface area contributed by atoms with Crippen LogP contribution in [-0.2, 0) is 14.7 Å². The SMILES string of the molecule is O=P(O)(O)c1cc(S(=O)(=O)O)c2ccccc2c1O. The van der Waals surface area contributed by atoms with Crippen LogP contribution in [-0.4, -0.2) is 27.9 Å². The van der Waals surface area contributed by atoms with E-state index in [1.807, 2.05) is 0 Å². The molecule has 9 heteroatoms. The monoisotopic (exact) mass is 304 g/mol. The molecule has 0 aliphatic carbocycles. The summed E-state index contributed by atoms with van der Waals surface area (Å²) in [6, 6.07) is 6.10. The summed E-state index contributed by atoms with van der Waals surface area (Å²) in [4.78, 5) is 17.5. The summed E-state index contributed by atoms with van der Waals surface area (Å²) in [5, 5.41) is 8.86. The van der Waals surface area contributed by atoms with Crippen LogP contribution in [0.4, 0.5) is 0 Å². The lowest BCUT2D eigenvalue weighted by Gasteiger charge is -2.12. The lowest BCUT2D eigenvalue weighted by Crippen LogP contribution is -2.10. The van der Waals surface area contributed by atoms with Crippen molar-refractivity contribution in [3.8, 4) is 5.75 Å². The van der Waals surface area contributed by atoms with Crippen molar-refractivity contribution >= 4 is 33.8 Å². The highest BCUT2D eigenvalue weighted by molar-refractivity contribution is 7.86. The van der Waals surface area contributed by atoms with E-state index in [1.54, 1.807) is 0 Å². The van der Waals surface area contributed by atoms with E-state index in [0.29, 0.717) is 6.07 Å². The lowest BCUT2D eigenvalue weighted by atomic mass is 10.1. The molecule has 7 nitrogen and oxygen atoms in total. The van der Waals surface area contributed by atoms with E-state index in [-0.39, 0.29) is 10.8 Å². The van der Waals surface area contributed by atoms with Gasteiger partial charge < -0.3 is 14.9 Å². The van der Waals surface area contributed by atoms with Crippen LogP contribution in [0.3, 0.4) is 0 Å². The summed E-state index contributed by atoms with van der Waals surface area (Å²) < 4.78 is 42.9. The van der Waals surface area contributed by atoms with Crippen LogP contribution in [0.5, 0.6) is 5.75 Å². The van der Waals surface area contributed by atoms with Crippen molar-refractivity contribution < 1.29 is 32.4 Å². The molecule has 0 aromatic heterocycles. The zero-order chi connectivity index (χ0) is 14.4. The van der Waals surface area contributed by atoms with Gasteiger partial charge in [0.15, 0.2) is 0 Å². The van der Waals surface area contributed by atoms with Crippen LogP contribution in [0, 0.1) is 0 Å². The topological polar surface area (TPSA) is 132 Å². The van der Waals surface area contributed by atoms with Crippen LogP contribution < -0.4 is 5.30 Å². The second-order valence-corrected chi connectivity index (χ2v) is 6.77. The van der Waals surface area contributed by atoms with Crippen molar-refractivity contribution in [3.63, 3.8) is 0 Å². The fraction of sp³-hybridized carbons (Fsp3) is 0. The van der Waals surface area contributed by atoms with Crippen molar-refractivity contribution in [3.05, 3.63) is 30.3 Å². The fourth-order valence-electron chi connectivity index (χ4n) is 1.75. The van der Waals surface area contributed by atoms with E-state index in [2.05, 4.69) is 0 Å². The van der Waals surface area contributed by atoms with Crippen molar-refractivity contribution in [1.29, 1.82) is 0 Å². The second kappa shape index (κ2) is 4.29. The van der Waals surface area contributed by atoms with Gasteiger partial charge in [-0.2, -0.15) is 8.42 Å². The number of hydrogen-bond donors (Lipinski definition) is 4. The van der Waals surface area contributed by atoms with Crippen LogP contribution >= 0.6 is 7.60 Å². The quantitative estimate of drug-likeness (QED) is 0.471. The van der Waals surface area contributed by atoms with Gasteiger partial charge in [0.05, 0.1) is 0 Å². The van der Waals surface area contributed by atoms with E-state index < -0.39 is 33.7 Å². The van der Waals surface area contributed by atoms with Crippen LogP contribution in [0.25, 0.3) is 10.8 Å². The predicted molar refractivity (Wildman–Crippen MR) is 67.1 cm³/mol. The first kappa shape index (κ1) is 14.0. The maximum atomic E-state index is 11.3. The minimum Gasteiger partial charge on any atom is -0.506 e. The van der Waals surface area contributed by atoms with Crippen LogP contribution in [0.15, 0.2) is 35.2 Å². The molecule has 0 spiro atoms. The lowest BCUT2D eigenvalue weighted by molar-refractivity contribution is 0.385. The van der Waals surface area contributed by atoms with Gasteiger partial charge >= 0.3 is 7.60 Å². The van der Waals surface area contributed by atoms with Crippen molar-refractivity contribution in [2.45, 2.75) is 4.90 Å². The molecule has 0 radical (unpaired) electrons. The molecule has 0 fully saturated rings. The molecule has 0 unspecified atom stereocenters. The smallest absolute Gasteiger partial charge is 0.360 e. The average Bonchev–Trinajstić information content (AvgIpc) is 2.26. The Kier molecular flexibility index (Phi) is 3.16. The molecule has 0 aliphatic heterocycles. The molecular formula is C10H9O7PS. The number of hydrogen-bond acceptors (Lipinski definition) is 4. The third-order valence-electron chi connectivity index (χ3n) is 2.55. The third-order valence-corrected chi connectivity index (χ3v) is 4.41. The first-order chi connectivity index (χ1) is 8.62. The van der Waals surface area contributed by atoms with Crippen LogP contribution in [0.2, 0.25) is 0 Å². The Hall–Kier alpha value is -1.44. The van der Waals surface area contributed by atoms with Gasteiger partial charge in [-0.1, -0.05) is 24.3 Å². The zero-order valence-corrected chi connectivity index (χ0v) is 11.0. The summed E-state index contributed by atoms with van der Waals surface area (Å²) in [6.45, 7) is 0. The molecule has 0 saturated heterocycles. The van der Waals surface area contributed by atoms with Crippen LogP contribution in [0.1, 0.15) is 0 Å². The summed E-state index contributed by atoms with van der Waals surface area (Å²) in [6.07, 6.45) is 0. The van der Waals surface area contributed by atoms with E-state index in [4.69, 9.17) is 14.3 Å². The summed E-state index contributed by atoms with van der Waals surface area (Å²) >= 11 is 0. The fourth-order valence-corrected chi connectivity index (χ4v) is 3.25. The average molecular weight is 304 g/mol. The van der Waals surface area contributed by atoms with Crippen molar-refractivity contribution in [2.75, 3.05) is 0 Å². The van der Waals surface area contributed by atoms with Gasteiger partial charge in [-0.15, -0.1) is 0 Å². The normalized spacial score (nSPS) is 12.8. The van der Waals surface area contributed by atoms with Crippen molar-refractivity contribution in [1.82, 2.24) is 0 Å². The molecule has 0 heterocycles. The molecule has 0 aliphatic rings. The molecule has 2 aromatic carbocycles. The predicted octanol–water partition coefficient (Wildman–Crippen LogP) is 0.595. The highest BCUT2D eigenvalue weighted by Gasteiger charge is 2.28. The van der Waals surface area contributed by atoms with Gasteiger partial charge in [0.25, 0.3) is 10.1 Å². The van der Waals surface area contributed by atoms with E-state index >= 15 is 0 Å². The Bertz CT molecular complexity index is 806. The van der Waals surface area contributed by atoms with E-state index in [9.17, 15) is 18.1 Å². The zero-order valence-electron chi connectivity index (χ0n) is 9.26. The molecule has 0 atom stereocenters. The standard InChI is InChI=1S/C10H9O7PS/c11-10-7-4-2-1-3-6(7)9(19(15,16)17)5-8(10)18(12,13)14/h1-5,11H,(H2,12,13,14)(H,15,16,17). The second-order valence-electron chi connectivity index (χ2n) is 3.81. The molecule has 0 amide bonds. The summed E-state index contributed by atoms with van der Waals surface area (Å²) in [5.74, 6) is -0.712. The molecule has 19 heavy (non-hydrogen) atoms. The number of phenolic OH excluding ortho intramolecular Hbond substituents is 1. The Balaban J connectivity index is 3.06. The Morgan fingerprint density at radius 2 is 1.58 bits per heavy atom. The minimum absolute atomic E-state index is 0.0281. The van der Waals surface area contributed by atoms with Gasteiger partial charge in [0, 0.05) is 10.8 Å². The Morgan fingerprint density at radius 3 is 2.05 bits per heavy atom. The first-order valence-electron chi connectivity index (χ1n) is 4.90. The number of aromatic hydroxyl groups is 1. The number of rotatable bonds is 2. The third kappa shape index (κ3) is 2.49. The Morgan fingerprint density at radius 1 is 1.05 bits per heavy atom. The maximum absolute atomic E-state index is 11.3. The molecule has 2 rings (SSSR count). The van der Waals surface area contributed by atoms with Crippen molar-refractivity contribution in [2.24, 2.45) is 0 Å². The van der Waals surface area contributed by atoms with Gasteiger partial charge in [0.1, 0.15) is 15.9 Å². The molecular weight excluding hydrogens is 295 g/mol. The maximum Gasteiger partial charge on any atom is 0.360 e. The minimum atomic E-state index is -4.88. The molecule has 102 valence electrons. The van der Waals surface area contributed by atoms with Gasteiger partial charge in [-0.05, 0) is 6.07 Å².